The van der Waals surface area contributed by atoms with E-state index < -0.39 is 0 Å². The zero-order valence-electron chi connectivity index (χ0n) is 17.8. The van der Waals surface area contributed by atoms with E-state index in [-0.39, 0.29) is 11.9 Å². The fraction of sp³-hybridized carbons (Fsp3) is 0.708. The van der Waals surface area contributed by atoms with Crippen LogP contribution in [0, 0.1) is 0 Å². The number of rotatable bonds is 17. The molecule has 0 saturated heterocycles. The second-order valence-electron chi connectivity index (χ2n) is 7.71. The van der Waals surface area contributed by atoms with E-state index in [0.29, 0.717) is 0 Å². The maximum atomic E-state index is 12.3. The summed E-state index contributed by atoms with van der Waals surface area (Å²) in [5.74, 6) is 0.115. The Bertz CT molecular complexity index is 461. The minimum Gasteiger partial charge on any atom is -0.355 e. The Morgan fingerprint density at radius 1 is 0.815 bits per heavy atom. The molecule has 154 valence electrons. The Morgan fingerprint density at radius 2 is 1.33 bits per heavy atom. The van der Waals surface area contributed by atoms with E-state index in [1.807, 2.05) is 25.2 Å². The molecule has 0 fully saturated rings. The molecule has 0 saturated carbocycles. The standard InChI is InChI=1S/C24H42N2O/c1-3-4-5-6-7-8-9-10-11-12-13-17-20-26-24(27)23(25-2)21-22-18-15-14-16-19-22/h14-16,18-19,23,25H,3-13,17,20-21H2,1-2H3,(H,26,27)/t23-/m0/s1. The predicted molar refractivity (Wildman–Crippen MR) is 117 cm³/mol. The van der Waals surface area contributed by atoms with Gasteiger partial charge in [0.25, 0.3) is 0 Å². The van der Waals surface area contributed by atoms with Crippen molar-refractivity contribution in [3.63, 3.8) is 0 Å². The lowest BCUT2D eigenvalue weighted by molar-refractivity contribution is -0.123. The van der Waals surface area contributed by atoms with Crippen LogP contribution in [0.1, 0.15) is 89.5 Å². The minimum atomic E-state index is -0.148. The molecule has 1 aromatic carbocycles. The average Bonchev–Trinajstić information content (AvgIpc) is 2.70. The number of amides is 1. The van der Waals surface area contributed by atoms with Gasteiger partial charge in [-0.2, -0.15) is 0 Å². The molecule has 2 N–H and O–H groups in total. The number of nitrogens with one attached hydrogen (secondary N) is 2. The van der Waals surface area contributed by atoms with Crippen molar-refractivity contribution < 1.29 is 4.79 Å². The molecule has 0 spiro atoms. The molecule has 0 aliphatic rings. The third kappa shape index (κ3) is 12.6. The van der Waals surface area contributed by atoms with Crippen molar-refractivity contribution >= 4 is 5.91 Å². The fourth-order valence-corrected chi connectivity index (χ4v) is 3.48. The van der Waals surface area contributed by atoms with Crippen LogP contribution in [-0.2, 0) is 11.2 Å². The van der Waals surface area contributed by atoms with E-state index in [9.17, 15) is 4.79 Å². The van der Waals surface area contributed by atoms with Gasteiger partial charge in [0.2, 0.25) is 5.91 Å². The molecule has 1 aromatic rings. The molecule has 27 heavy (non-hydrogen) atoms. The van der Waals surface area contributed by atoms with Crippen LogP contribution in [0.3, 0.4) is 0 Å². The van der Waals surface area contributed by atoms with Gasteiger partial charge < -0.3 is 10.6 Å². The second-order valence-corrected chi connectivity index (χ2v) is 7.71. The summed E-state index contributed by atoms with van der Waals surface area (Å²) in [5.41, 5.74) is 1.19. The maximum Gasteiger partial charge on any atom is 0.237 e. The lowest BCUT2D eigenvalue weighted by atomic mass is 10.0. The molecule has 0 unspecified atom stereocenters. The molecule has 0 aromatic heterocycles. The molecule has 1 rings (SSSR count). The van der Waals surface area contributed by atoms with Crippen LogP contribution in [-0.4, -0.2) is 25.5 Å². The van der Waals surface area contributed by atoms with E-state index in [1.165, 1.54) is 76.2 Å². The summed E-state index contributed by atoms with van der Waals surface area (Å²) in [4.78, 5) is 12.3. The van der Waals surface area contributed by atoms with E-state index in [1.54, 1.807) is 0 Å². The summed E-state index contributed by atoms with van der Waals surface area (Å²) in [6.07, 6.45) is 16.9. The highest BCUT2D eigenvalue weighted by atomic mass is 16.2. The monoisotopic (exact) mass is 374 g/mol. The van der Waals surface area contributed by atoms with Gasteiger partial charge in [-0.1, -0.05) is 108 Å². The first kappa shape index (κ1) is 23.7. The van der Waals surface area contributed by atoms with Gasteiger partial charge in [0.1, 0.15) is 0 Å². The zero-order chi connectivity index (χ0) is 19.6. The van der Waals surface area contributed by atoms with Crippen molar-refractivity contribution in [3.8, 4) is 0 Å². The molecule has 0 aliphatic heterocycles. The first-order valence-corrected chi connectivity index (χ1v) is 11.3. The van der Waals surface area contributed by atoms with Crippen LogP contribution in [0.15, 0.2) is 30.3 Å². The summed E-state index contributed by atoms with van der Waals surface area (Å²) in [7, 11) is 1.86. The highest BCUT2D eigenvalue weighted by Gasteiger charge is 2.15. The van der Waals surface area contributed by atoms with Gasteiger partial charge in [0, 0.05) is 6.54 Å². The molecule has 1 atom stereocenters. The maximum absolute atomic E-state index is 12.3. The van der Waals surface area contributed by atoms with E-state index in [0.717, 1.165) is 19.4 Å². The van der Waals surface area contributed by atoms with E-state index in [4.69, 9.17) is 0 Å². The third-order valence-corrected chi connectivity index (χ3v) is 5.28. The summed E-state index contributed by atoms with van der Waals surface area (Å²) in [5, 5.41) is 6.22. The molecule has 1 amide bonds. The Balaban J connectivity index is 1.95. The van der Waals surface area contributed by atoms with Gasteiger partial charge in [-0.05, 0) is 25.5 Å². The van der Waals surface area contributed by atoms with E-state index in [2.05, 4.69) is 29.7 Å². The van der Waals surface area contributed by atoms with Gasteiger partial charge >= 0.3 is 0 Å². The number of unbranched alkanes of at least 4 members (excludes halogenated alkanes) is 11. The van der Waals surface area contributed by atoms with Gasteiger partial charge in [-0.15, -0.1) is 0 Å². The van der Waals surface area contributed by atoms with Crippen LogP contribution >= 0.6 is 0 Å². The first-order chi connectivity index (χ1) is 13.3. The summed E-state index contributed by atoms with van der Waals surface area (Å²) in [6.45, 7) is 3.07. The number of carbonyl (C=O) groups excluding carboxylic acids is 1. The van der Waals surface area contributed by atoms with Crippen molar-refractivity contribution in [2.45, 2.75) is 96.4 Å². The number of benzene rings is 1. The van der Waals surface area contributed by atoms with Crippen LogP contribution in [0.4, 0.5) is 0 Å². The smallest absolute Gasteiger partial charge is 0.237 e. The number of carbonyl (C=O) groups is 1. The summed E-state index contributed by atoms with van der Waals surface area (Å²) >= 11 is 0. The number of hydrogen-bond acceptors (Lipinski definition) is 2. The third-order valence-electron chi connectivity index (χ3n) is 5.28. The molecule has 3 nitrogen and oxygen atoms in total. The Morgan fingerprint density at radius 3 is 1.85 bits per heavy atom. The zero-order valence-corrected chi connectivity index (χ0v) is 17.8. The molecule has 0 aliphatic carbocycles. The fourth-order valence-electron chi connectivity index (χ4n) is 3.48. The predicted octanol–water partition coefficient (Wildman–Crippen LogP) is 5.63. The Kier molecular flexibility index (Phi) is 14.7. The van der Waals surface area contributed by atoms with Crippen LogP contribution in [0.2, 0.25) is 0 Å². The highest BCUT2D eigenvalue weighted by Crippen LogP contribution is 2.11. The first-order valence-electron chi connectivity index (χ1n) is 11.3. The molecule has 0 bridgehead atoms. The van der Waals surface area contributed by atoms with Crippen molar-refractivity contribution in [3.05, 3.63) is 35.9 Å². The molecule has 0 radical (unpaired) electrons. The molecule has 3 heteroatoms. The van der Waals surface area contributed by atoms with Crippen LogP contribution in [0.25, 0.3) is 0 Å². The Hall–Kier alpha value is -1.35. The summed E-state index contributed by atoms with van der Waals surface area (Å²) in [6, 6.07) is 10.0. The van der Waals surface area contributed by atoms with Gasteiger partial charge in [-0.25, -0.2) is 0 Å². The molecular formula is C24H42N2O. The average molecular weight is 375 g/mol. The van der Waals surface area contributed by atoms with Gasteiger partial charge in [-0.3, -0.25) is 4.79 Å². The van der Waals surface area contributed by atoms with Crippen molar-refractivity contribution in [1.82, 2.24) is 10.6 Å². The van der Waals surface area contributed by atoms with Crippen molar-refractivity contribution in [2.24, 2.45) is 0 Å². The Labute approximate surface area is 167 Å². The SMILES string of the molecule is CCCCCCCCCCCCCCNC(=O)[C@H](Cc1ccccc1)NC. The molecular weight excluding hydrogens is 332 g/mol. The van der Waals surface area contributed by atoms with Crippen molar-refractivity contribution in [1.29, 1.82) is 0 Å². The van der Waals surface area contributed by atoms with Gasteiger partial charge in [0.15, 0.2) is 0 Å². The normalized spacial score (nSPS) is 12.1. The highest BCUT2D eigenvalue weighted by molar-refractivity contribution is 5.82. The topological polar surface area (TPSA) is 41.1 Å². The summed E-state index contributed by atoms with van der Waals surface area (Å²) < 4.78 is 0. The molecule has 0 heterocycles. The largest absolute Gasteiger partial charge is 0.355 e. The lowest BCUT2D eigenvalue weighted by Gasteiger charge is -2.16. The quantitative estimate of drug-likeness (QED) is 0.347. The lowest BCUT2D eigenvalue weighted by Crippen LogP contribution is -2.44. The second kappa shape index (κ2) is 16.8. The van der Waals surface area contributed by atoms with E-state index >= 15 is 0 Å². The number of hydrogen-bond donors (Lipinski definition) is 2. The minimum absolute atomic E-state index is 0.115. The number of likely N-dealkylation sites (N-methyl/N-ethyl adjacent to an activating group) is 1. The van der Waals surface area contributed by atoms with Crippen LogP contribution in [0.5, 0.6) is 0 Å². The van der Waals surface area contributed by atoms with Crippen LogP contribution < -0.4 is 10.6 Å². The van der Waals surface area contributed by atoms with Gasteiger partial charge in [0.05, 0.1) is 6.04 Å². The van der Waals surface area contributed by atoms with Crippen molar-refractivity contribution in [2.75, 3.05) is 13.6 Å².